The van der Waals surface area contributed by atoms with Gasteiger partial charge in [-0.1, -0.05) is 53.2 Å². The number of hydrogen-bond acceptors (Lipinski definition) is 16. The van der Waals surface area contributed by atoms with Crippen molar-refractivity contribution in [3.05, 3.63) is 11.6 Å². The summed E-state index contributed by atoms with van der Waals surface area (Å²) in [7, 11) is 0. The Hall–Kier alpha value is -2.09. The van der Waals surface area contributed by atoms with Crippen LogP contribution >= 0.6 is 0 Å². The molecule has 2 saturated heterocycles. The molecule has 0 aromatic rings. The van der Waals surface area contributed by atoms with Crippen LogP contribution in [-0.2, 0) is 33.3 Å². The van der Waals surface area contributed by atoms with Crippen LogP contribution in [0.15, 0.2) is 11.6 Å². The molecule has 328 valence electrons. The Morgan fingerprint density at radius 3 is 2.12 bits per heavy atom. The second-order valence-electron chi connectivity index (χ2n) is 20.4. The lowest BCUT2D eigenvalue weighted by Crippen LogP contribution is -2.69. The maximum absolute atomic E-state index is 13.5. The van der Waals surface area contributed by atoms with Gasteiger partial charge in [0.25, 0.3) is 0 Å². The highest BCUT2D eigenvalue weighted by Gasteiger charge is 2.71. The number of aliphatic hydroxyl groups excluding tert-OH is 7. The van der Waals surface area contributed by atoms with Crippen molar-refractivity contribution in [1.29, 1.82) is 0 Å². The molecule has 0 amide bonds. The van der Waals surface area contributed by atoms with Crippen molar-refractivity contribution in [1.82, 2.24) is 0 Å². The van der Waals surface area contributed by atoms with Crippen molar-refractivity contribution in [3.8, 4) is 0 Å². The predicted octanol–water partition coefficient (Wildman–Crippen LogP) is -1.55. The van der Waals surface area contributed by atoms with Crippen LogP contribution < -0.4 is 10.2 Å². The lowest BCUT2D eigenvalue weighted by Gasteiger charge is -2.72. The van der Waals surface area contributed by atoms with Gasteiger partial charge in [-0.2, -0.15) is 0 Å². The SMILES string of the molecule is CC1(C)CC[C@]2(C(=O)[O-])[C@H](O)C[C@]3(C)C(=CC[C@@H]4[C@@]5(C)CC[C@H](O[C@@H]6O[C@H](C(=O)[O-])[C@@H](O)[C@H](O)[C@H]6O[C@@H]6O[C@H](CO)[C@H](O)[C@H](O)[C@H]6O)[C@@](C)(C=O)[C@@H]5CC[C@]43C)[C@@H]2C1. The summed E-state index contributed by atoms with van der Waals surface area (Å²) in [5, 5.41) is 100. The number of carboxylic acids is 2. The molecule has 7 aliphatic rings. The zero-order valence-corrected chi connectivity index (χ0v) is 34.2. The molecule has 6 fully saturated rings. The fraction of sp³-hybridized carbons (Fsp3) is 0.881. The number of aliphatic carboxylic acids is 2. The summed E-state index contributed by atoms with van der Waals surface area (Å²) in [4.78, 5) is 38.6. The van der Waals surface area contributed by atoms with E-state index in [2.05, 4.69) is 40.7 Å². The molecular weight excluding hydrogens is 760 g/mol. The molecule has 0 unspecified atom stereocenters. The van der Waals surface area contributed by atoms with E-state index in [1.54, 1.807) is 6.92 Å². The van der Waals surface area contributed by atoms with Crippen molar-refractivity contribution in [2.75, 3.05) is 6.61 Å². The van der Waals surface area contributed by atoms with E-state index >= 15 is 0 Å². The average molecular weight is 823 g/mol. The lowest BCUT2D eigenvalue weighted by molar-refractivity contribution is -0.386. The Kier molecular flexibility index (Phi) is 11.2. The molecule has 16 nitrogen and oxygen atoms in total. The Labute approximate surface area is 338 Å². The monoisotopic (exact) mass is 822 g/mol. The highest BCUT2D eigenvalue weighted by Crippen LogP contribution is 2.75. The molecule has 20 atom stereocenters. The number of fused-ring (bicyclic) bond motifs is 7. The molecule has 0 aromatic heterocycles. The van der Waals surface area contributed by atoms with Crippen LogP contribution in [-0.4, -0.2) is 134 Å². The third kappa shape index (κ3) is 6.21. The quantitative estimate of drug-likeness (QED) is 0.0830. The number of hydrogen-bond donors (Lipinski definition) is 7. The first-order valence-electron chi connectivity index (χ1n) is 20.9. The number of rotatable bonds is 8. The Bertz CT molecular complexity index is 1650. The van der Waals surface area contributed by atoms with Crippen LogP contribution in [0.3, 0.4) is 0 Å². The van der Waals surface area contributed by atoms with Gasteiger partial charge in [-0.05, 0) is 97.2 Å². The summed E-state index contributed by atoms with van der Waals surface area (Å²) in [5.74, 6) is -3.69. The Morgan fingerprint density at radius 1 is 0.810 bits per heavy atom. The van der Waals surface area contributed by atoms with E-state index in [1.807, 2.05) is 0 Å². The molecule has 16 heteroatoms. The zero-order chi connectivity index (χ0) is 42.7. The van der Waals surface area contributed by atoms with Gasteiger partial charge in [0.2, 0.25) is 0 Å². The summed E-state index contributed by atoms with van der Waals surface area (Å²) in [6.07, 6.45) is -12.8. The third-order valence-electron chi connectivity index (χ3n) is 17.2. The summed E-state index contributed by atoms with van der Waals surface area (Å²) in [6, 6.07) is 0. The predicted molar refractivity (Wildman–Crippen MR) is 195 cm³/mol. The van der Waals surface area contributed by atoms with Crippen molar-refractivity contribution in [2.45, 2.75) is 173 Å². The van der Waals surface area contributed by atoms with Crippen LogP contribution in [0.25, 0.3) is 0 Å². The molecule has 0 spiro atoms. The lowest BCUT2D eigenvalue weighted by atomic mass is 9.33. The molecule has 5 aliphatic carbocycles. The molecule has 7 rings (SSSR count). The van der Waals surface area contributed by atoms with E-state index in [-0.39, 0.29) is 41.4 Å². The standard InChI is InChI=1S/C42H64O16/c1-37(2)13-14-42(36(53)54)20(15-37)19-7-8-23-38(3)11-10-25(39(4,18-44)22(38)9-12-40(23,5)41(19,6)16-24(42)45)56-35-32(29(49)28(48)31(57-35)33(51)52)58-34-30(50)27(47)26(46)21(17-43)55-34/h7,18,20-32,34-35,43,45-50H,8-17H2,1-6H3,(H,51,52)(H,53,54)/p-2/t20-,21+,22+,23+,24+,25-,26-,27-,28-,29-,30+,31-,32+,34-,35+,38-,39-,40+,41+,42+/m0/s1. The van der Waals surface area contributed by atoms with E-state index in [0.29, 0.717) is 44.9 Å². The first kappa shape index (κ1) is 44.0. The number of carbonyl (C=O) groups is 3. The van der Waals surface area contributed by atoms with Crippen LogP contribution in [0.4, 0.5) is 0 Å². The minimum Gasteiger partial charge on any atom is -0.549 e. The van der Waals surface area contributed by atoms with Gasteiger partial charge in [-0.15, -0.1) is 0 Å². The van der Waals surface area contributed by atoms with E-state index in [0.717, 1.165) is 11.9 Å². The molecule has 2 heterocycles. The summed E-state index contributed by atoms with van der Waals surface area (Å²) >= 11 is 0. The van der Waals surface area contributed by atoms with E-state index < -0.39 is 114 Å². The van der Waals surface area contributed by atoms with Crippen LogP contribution in [0, 0.1) is 50.2 Å². The molecule has 0 radical (unpaired) electrons. The van der Waals surface area contributed by atoms with Crippen molar-refractivity contribution < 1.29 is 79.3 Å². The van der Waals surface area contributed by atoms with Gasteiger partial charge in [0.05, 0.1) is 36.2 Å². The van der Waals surface area contributed by atoms with Gasteiger partial charge in [-0.3, -0.25) is 0 Å². The summed E-state index contributed by atoms with van der Waals surface area (Å²) in [6.45, 7) is 11.9. The number of carboxylic acid groups (broad SMARTS) is 2. The molecule has 0 bridgehead atoms. The van der Waals surface area contributed by atoms with E-state index in [9.17, 15) is 60.3 Å². The smallest absolute Gasteiger partial charge is 0.187 e. The van der Waals surface area contributed by atoms with Crippen molar-refractivity contribution in [2.24, 2.45) is 50.2 Å². The molecule has 7 N–H and O–H groups in total. The van der Waals surface area contributed by atoms with Crippen LogP contribution in [0.5, 0.6) is 0 Å². The highest BCUT2D eigenvalue weighted by atomic mass is 16.8. The second-order valence-corrected chi connectivity index (χ2v) is 20.4. The normalized spacial score (nSPS) is 53.8. The van der Waals surface area contributed by atoms with Gasteiger partial charge in [0, 0.05) is 5.41 Å². The van der Waals surface area contributed by atoms with Gasteiger partial charge >= 0.3 is 0 Å². The fourth-order valence-electron chi connectivity index (χ4n) is 13.6. The minimum atomic E-state index is -2.09. The first-order valence-corrected chi connectivity index (χ1v) is 20.9. The maximum atomic E-state index is 13.5. The summed E-state index contributed by atoms with van der Waals surface area (Å²) in [5.41, 5.74) is -3.00. The topological polar surface area (TPSA) is 276 Å². The van der Waals surface area contributed by atoms with Gasteiger partial charge in [-0.25, -0.2) is 0 Å². The molecular formula is C42H62O16-2. The van der Waals surface area contributed by atoms with Crippen molar-refractivity contribution >= 4 is 18.2 Å². The zero-order valence-electron chi connectivity index (χ0n) is 34.2. The molecule has 0 aromatic carbocycles. The van der Waals surface area contributed by atoms with Gasteiger partial charge in [0.1, 0.15) is 55.1 Å². The number of aliphatic hydroxyl groups is 7. The Morgan fingerprint density at radius 2 is 1.50 bits per heavy atom. The van der Waals surface area contributed by atoms with E-state index in [4.69, 9.17) is 18.9 Å². The highest BCUT2D eigenvalue weighted by molar-refractivity contribution is 5.76. The minimum absolute atomic E-state index is 0.0135. The molecule has 58 heavy (non-hydrogen) atoms. The number of ether oxygens (including phenoxy) is 4. The maximum Gasteiger partial charge on any atom is 0.187 e. The fourth-order valence-corrected chi connectivity index (χ4v) is 13.6. The summed E-state index contributed by atoms with van der Waals surface area (Å²) < 4.78 is 23.5. The number of aldehydes is 1. The van der Waals surface area contributed by atoms with Crippen LogP contribution in [0.1, 0.15) is 99.3 Å². The number of allylic oxidation sites excluding steroid dienone is 2. The van der Waals surface area contributed by atoms with Crippen LogP contribution in [0.2, 0.25) is 0 Å². The van der Waals surface area contributed by atoms with Crippen molar-refractivity contribution in [3.63, 3.8) is 0 Å². The average Bonchev–Trinajstić information content (AvgIpc) is 3.15. The first-order chi connectivity index (χ1) is 27.0. The van der Waals surface area contributed by atoms with E-state index in [1.165, 1.54) is 0 Å². The van der Waals surface area contributed by atoms with Gasteiger partial charge in [0.15, 0.2) is 12.6 Å². The molecule has 2 aliphatic heterocycles. The number of carbonyl (C=O) groups excluding carboxylic acids is 3. The molecule has 4 saturated carbocycles. The third-order valence-corrected chi connectivity index (χ3v) is 17.2. The Balaban J connectivity index is 1.19. The largest absolute Gasteiger partial charge is 0.549 e. The van der Waals surface area contributed by atoms with Gasteiger partial charge < -0.3 is 79.3 Å². The second kappa shape index (κ2) is 14.8.